The van der Waals surface area contributed by atoms with Crippen LogP contribution in [-0.4, -0.2) is 42.6 Å². The van der Waals surface area contributed by atoms with Crippen LogP contribution in [0.1, 0.15) is 0 Å². The maximum absolute atomic E-state index is 12.2. The second-order valence-corrected chi connectivity index (χ2v) is 4.33. The van der Waals surface area contributed by atoms with Gasteiger partial charge in [0.05, 0.1) is 18.9 Å². The summed E-state index contributed by atoms with van der Waals surface area (Å²) in [4.78, 5) is 27.1. The molecule has 0 spiro atoms. The molecule has 1 aromatic rings. The monoisotopic (exact) mass is 247 g/mol. The number of ether oxygens (including phenoxy) is 1. The first-order valence-electron chi connectivity index (χ1n) is 5.76. The minimum atomic E-state index is -0.483. The topological polar surface area (TPSA) is 75.9 Å². The molecule has 1 atom stereocenters. The predicted octanol–water partition coefficient (Wildman–Crippen LogP) is 0.436. The van der Waals surface area contributed by atoms with Crippen LogP contribution in [0.15, 0.2) is 24.3 Å². The highest BCUT2D eigenvalue weighted by atomic mass is 16.5. The number of carbonyl (C=O) groups is 2. The number of hydrogen-bond acceptors (Lipinski definition) is 4. The van der Waals surface area contributed by atoms with Crippen molar-refractivity contribution >= 4 is 23.3 Å². The van der Waals surface area contributed by atoms with Gasteiger partial charge in [-0.25, -0.2) is 9.69 Å². The number of morpholine rings is 1. The Kier molecular flexibility index (Phi) is 2.45. The number of fused-ring (bicyclic) bond motifs is 1. The number of nitrogen functional groups attached to an aromatic ring is 1. The molecule has 0 aromatic heterocycles. The third-order valence-corrected chi connectivity index (χ3v) is 3.22. The van der Waals surface area contributed by atoms with E-state index >= 15 is 0 Å². The number of hydrogen-bond donors (Lipinski definition) is 1. The number of rotatable bonds is 1. The van der Waals surface area contributed by atoms with Gasteiger partial charge in [-0.2, -0.15) is 0 Å². The Balaban J connectivity index is 1.95. The fraction of sp³-hybridized carbons (Fsp3) is 0.333. The van der Waals surface area contributed by atoms with Gasteiger partial charge in [0.25, 0.3) is 5.91 Å². The SMILES string of the molecule is Nc1ccc(N2C(=O)C3COCCN3C2=O)cc1. The summed E-state index contributed by atoms with van der Waals surface area (Å²) in [5.41, 5.74) is 6.74. The lowest BCUT2D eigenvalue weighted by Gasteiger charge is -2.26. The van der Waals surface area contributed by atoms with Crippen molar-refractivity contribution in [2.45, 2.75) is 6.04 Å². The summed E-state index contributed by atoms with van der Waals surface area (Å²) in [7, 11) is 0. The van der Waals surface area contributed by atoms with Crippen LogP contribution in [-0.2, 0) is 9.53 Å². The Morgan fingerprint density at radius 1 is 1.22 bits per heavy atom. The zero-order valence-electron chi connectivity index (χ0n) is 9.70. The van der Waals surface area contributed by atoms with E-state index in [-0.39, 0.29) is 18.5 Å². The molecule has 94 valence electrons. The van der Waals surface area contributed by atoms with Crippen LogP contribution in [0.5, 0.6) is 0 Å². The van der Waals surface area contributed by atoms with Crippen LogP contribution >= 0.6 is 0 Å². The number of benzene rings is 1. The standard InChI is InChI=1S/C12H13N3O3/c13-8-1-3-9(4-2-8)15-11(16)10-7-18-6-5-14(10)12(15)17/h1-4,10H,5-7,13H2. The molecule has 6 heteroatoms. The van der Waals surface area contributed by atoms with E-state index in [4.69, 9.17) is 10.5 Å². The largest absolute Gasteiger partial charge is 0.399 e. The quantitative estimate of drug-likeness (QED) is 0.577. The molecule has 0 saturated carbocycles. The highest BCUT2D eigenvalue weighted by Crippen LogP contribution is 2.27. The highest BCUT2D eigenvalue weighted by molar-refractivity contribution is 6.21. The van der Waals surface area contributed by atoms with Crippen molar-refractivity contribution in [3.8, 4) is 0 Å². The minimum absolute atomic E-state index is 0.232. The number of nitrogens with zero attached hydrogens (tertiary/aromatic N) is 2. The second kappa shape index (κ2) is 3.99. The van der Waals surface area contributed by atoms with E-state index < -0.39 is 6.04 Å². The van der Waals surface area contributed by atoms with Gasteiger partial charge in [-0.15, -0.1) is 0 Å². The number of nitrogens with two attached hydrogens (primary N) is 1. The molecule has 3 amide bonds. The van der Waals surface area contributed by atoms with Crippen LogP contribution in [0.25, 0.3) is 0 Å². The Morgan fingerprint density at radius 2 is 1.94 bits per heavy atom. The first-order valence-corrected chi connectivity index (χ1v) is 5.76. The van der Waals surface area contributed by atoms with Gasteiger partial charge in [0.2, 0.25) is 0 Å². The smallest absolute Gasteiger partial charge is 0.332 e. The summed E-state index contributed by atoms with van der Waals surface area (Å²) in [5, 5.41) is 0. The number of amides is 3. The first kappa shape index (κ1) is 11.0. The molecule has 18 heavy (non-hydrogen) atoms. The van der Waals surface area contributed by atoms with Gasteiger partial charge in [0.1, 0.15) is 6.04 Å². The van der Waals surface area contributed by atoms with Crippen LogP contribution in [0.3, 0.4) is 0 Å². The third-order valence-electron chi connectivity index (χ3n) is 3.22. The molecule has 0 bridgehead atoms. The van der Waals surface area contributed by atoms with Gasteiger partial charge in [-0.1, -0.05) is 0 Å². The van der Waals surface area contributed by atoms with Crippen molar-refractivity contribution in [3.05, 3.63) is 24.3 Å². The van der Waals surface area contributed by atoms with Gasteiger partial charge >= 0.3 is 6.03 Å². The van der Waals surface area contributed by atoms with Gasteiger partial charge in [-0.3, -0.25) is 4.79 Å². The molecule has 6 nitrogen and oxygen atoms in total. The lowest BCUT2D eigenvalue weighted by molar-refractivity contribution is -0.123. The van der Waals surface area contributed by atoms with E-state index in [1.807, 2.05) is 0 Å². The number of imide groups is 1. The highest BCUT2D eigenvalue weighted by Gasteiger charge is 2.47. The average Bonchev–Trinajstić information content (AvgIpc) is 2.64. The Hall–Kier alpha value is -2.08. The summed E-state index contributed by atoms with van der Waals surface area (Å²) in [6.45, 7) is 1.21. The summed E-state index contributed by atoms with van der Waals surface area (Å²) < 4.78 is 5.24. The first-order chi connectivity index (χ1) is 8.68. The predicted molar refractivity (Wildman–Crippen MR) is 65.0 cm³/mol. The van der Waals surface area contributed by atoms with Gasteiger partial charge in [0.15, 0.2) is 0 Å². The van der Waals surface area contributed by atoms with Gasteiger partial charge < -0.3 is 15.4 Å². The maximum atomic E-state index is 12.2. The van der Waals surface area contributed by atoms with Crippen molar-refractivity contribution < 1.29 is 14.3 Å². The van der Waals surface area contributed by atoms with Gasteiger partial charge in [-0.05, 0) is 24.3 Å². The van der Waals surface area contributed by atoms with Crippen molar-refractivity contribution in [1.29, 1.82) is 0 Å². The van der Waals surface area contributed by atoms with E-state index in [1.54, 1.807) is 29.2 Å². The van der Waals surface area contributed by atoms with Crippen molar-refractivity contribution in [2.24, 2.45) is 0 Å². The van der Waals surface area contributed by atoms with E-state index in [0.717, 1.165) is 0 Å². The van der Waals surface area contributed by atoms with Gasteiger partial charge in [0, 0.05) is 12.2 Å². The van der Waals surface area contributed by atoms with Crippen LogP contribution in [0.4, 0.5) is 16.2 Å². The molecule has 3 rings (SSSR count). The summed E-state index contributed by atoms with van der Waals surface area (Å²) in [6, 6.07) is 5.92. The molecule has 2 fully saturated rings. The molecule has 2 aliphatic rings. The fourth-order valence-electron chi connectivity index (χ4n) is 2.27. The average molecular weight is 247 g/mol. The van der Waals surface area contributed by atoms with Crippen molar-refractivity contribution in [3.63, 3.8) is 0 Å². The Bertz CT molecular complexity index is 476. The number of urea groups is 1. The molecule has 0 radical (unpaired) electrons. The zero-order valence-corrected chi connectivity index (χ0v) is 9.70. The van der Waals surface area contributed by atoms with E-state index in [1.165, 1.54) is 4.90 Å². The Labute approximate surface area is 104 Å². The third kappa shape index (κ3) is 1.53. The lowest BCUT2D eigenvalue weighted by Crippen LogP contribution is -2.45. The Morgan fingerprint density at radius 3 is 2.61 bits per heavy atom. The number of anilines is 2. The van der Waals surface area contributed by atoms with Crippen molar-refractivity contribution in [1.82, 2.24) is 4.90 Å². The van der Waals surface area contributed by atoms with E-state index in [2.05, 4.69) is 0 Å². The minimum Gasteiger partial charge on any atom is -0.399 e. The summed E-state index contributed by atoms with van der Waals surface area (Å²) in [5.74, 6) is -0.232. The number of carbonyl (C=O) groups excluding carboxylic acids is 2. The lowest BCUT2D eigenvalue weighted by atomic mass is 10.2. The molecule has 0 aliphatic carbocycles. The normalized spacial score (nSPS) is 23.4. The molecular formula is C12H13N3O3. The zero-order chi connectivity index (χ0) is 12.7. The fourth-order valence-corrected chi connectivity index (χ4v) is 2.27. The molecule has 1 aromatic carbocycles. The molecule has 2 N–H and O–H groups in total. The van der Waals surface area contributed by atoms with Crippen LogP contribution in [0.2, 0.25) is 0 Å². The van der Waals surface area contributed by atoms with E-state index in [0.29, 0.717) is 24.5 Å². The summed E-state index contributed by atoms with van der Waals surface area (Å²) in [6.07, 6.45) is 0. The second-order valence-electron chi connectivity index (χ2n) is 4.33. The summed E-state index contributed by atoms with van der Waals surface area (Å²) >= 11 is 0. The van der Waals surface area contributed by atoms with E-state index in [9.17, 15) is 9.59 Å². The van der Waals surface area contributed by atoms with Crippen LogP contribution < -0.4 is 10.6 Å². The van der Waals surface area contributed by atoms with Crippen LogP contribution in [0, 0.1) is 0 Å². The maximum Gasteiger partial charge on any atom is 0.332 e. The molecule has 1 unspecified atom stereocenters. The molecule has 2 saturated heterocycles. The van der Waals surface area contributed by atoms with Crippen molar-refractivity contribution in [2.75, 3.05) is 30.4 Å². The molecule has 2 aliphatic heterocycles. The molecular weight excluding hydrogens is 234 g/mol. The molecule has 2 heterocycles.